The lowest BCUT2D eigenvalue weighted by Gasteiger charge is -2.31. The molecule has 0 unspecified atom stereocenters. The summed E-state index contributed by atoms with van der Waals surface area (Å²) in [4.78, 5) is 12.1. The lowest BCUT2D eigenvalue weighted by molar-refractivity contribution is -0.0564. The number of rotatable bonds is 9. The van der Waals surface area contributed by atoms with Crippen molar-refractivity contribution in [1.82, 2.24) is 34.7 Å². The van der Waals surface area contributed by atoms with Crippen LogP contribution in [0.1, 0.15) is 29.7 Å². The lowest BCUT2D eigenvalue weighted by Crippen LogP contribution is -2.41. The van der Waals surface area contributed by atoms with Gasteiger partial charge in [0.15, 0.2) is 5.82 Å². The Kier molecular flexibility index (Phi) is 13.3. The average molecular weight is 866 g/mol. The number of ether oxygens (including phenoxy) is 1. The van der Waals surface area contributed by atoms with E-state index in [0.29, 0.717) is 37.8 Å². The lowest BCUT2D eigenvalue weighted by atomic mass is 10.1. The Hall–Kier alpha value is -5.44. The third-order valence-electron chi connectivity index (χ3n) is 9.19. The van der Waals surface area contributed by atoms with Gasteiger partial charge in [-0.2, -0.15) is 27.0 Å². The molecule has 1 fully saturated rings. The first-order valence-corrected chi connectivity index (χ1v) is 21.9. The van der Waals surface area contributed by atoms with Crippen molar-refractivity contribution < 1.29 is 39.5 Å². The summed E-state index contributed by atoms with van der Waals surface area (Å²) in [6.07, 6.45) is 3.24. The Labute approximate surface area is 344 Å². The molecule has 8 rings (SSSR count). The van der Waals surface area contributed by atoms with Gasteiger partial charge in [0, 0.05) is 50.3 Å². The number of H-pyrrole nitrogens is 1. The van der Waals surface area contributed by atoms with Crippen molar-refractivity contribution in [2.24, 2.45) is 0 Å². The predicted octanol–water partition coefficient (Wildman–Crippen LogP) is 7.81. The number of nitrogens with zero attached hydrogens (tertiary/aromatic N) is 6. The van der Waals surface area contributed by atoms with Gasteiger partial charge in [-0.25, -0.2) is 23.3 Å². The maximum absolute atomic E-state index is 13.4. The summed E-state index contributed by atoms with van der Waals surface area (Å²) in [5, 5.41) is 12.6. The van der Waals surface area contributed by atoms with Gasteiger partial charge in [-0.1, -0.05) is 65.7 Å². The molecule has 3 aromatic carbocycles. The van der Waals surface area contributed by atoms with Crippen molar-refractivity contribution >= 4 is 37.1 Å². The number of nitrogens with one attached hydrogen (secondary N) is 1. The van der Waals surface area contributed by atoms with Gasteiger partial charge in [0.05, 0.1) is 32.3 Å². The van der Waals surface area contributed by atoms with Crippen LogP contribution in [-0.4, -0.2) is 92.8 Å². The third kappa shape index (κ3) is 11.4. The highest BCUT2D eigenvalue weighted by Gasteiger charge is 2.33. The molecule has 0 bridgehead atoms. The first-order chi connectivity index (χ1) is 28.0. The van der Waals surface area contributed by atoms with Crippen LogP contribution >= 0.6 is 11.3 Å². The second kappa shape index (κ2) is 18.2. The summed E-state index contributed by atoms with van der Waals surface area (Å²) in [7, 11) is -8.04. The topological polar surface area (TPSA) is 193 Å². The summed E-state index contributed by atoms with van der Waals surface area (Å²) in [6, 6.07) is 25.8. The van der Waals surface area contributed by atoms with E-state index in [2.05, 4.69) is 20.3 Å². The zero-order chi connectivity index (χ0) is 42.4. The number of thiazole rings is 1. The molecule has 14 nitrogen and oxygen atoms in total. The van der Waals surface area contributed by atoms with Crippen molar-refractivity contribution in [3.63, 3.8) is 0 Å². The molecule has 0 saturated carbocycles. The largest absolute Gasteiger partial charge is 0.492 e. The van der Waals surface area contributed by atoms with Crippen molar-refractivity contribution in [2.45, 2.75) is 49.3 Å². The molecule has 3 N–H and O–H groups in total. The monoisotopic (exact) mass is 865 g/mol. The summed E-state index contributed by atoms with van der Waals surface area (Å²) < 4.78 is 93.8. The number of aromatic nitrogens is 6. The molecule has 0 spiro atoms. The van der Waals surface area contributed by atoms with Crippen molar-refractivity contribution in [1.29, 1.82) is 0 Å². The molecule has 0 atom stereocenters. The van der Waals surface area contributed by atoms with Gasteiger partial charge in [0.2, 0.25) is 0 Å². The zero-order valence-electron chi connectivity index (χ0n) is 32.2. The number of fused-ring (bicyclic) bond motifs is 1. The van der Waals surface area contributed by atoms with E-state index in [4.69, 9.17) is 18.8 Å². The van der Waals surface area contributed by atoms with Crippen molar-refractivity contribution in [3.8, 4) is 38.3 Å². The second-order valence-electron chi connectivity index (χ2n) is 13.7. The van der Waals surface area contributed by atoms with E-state index >= 15 is 0 Å². The molecule has 19 heteroatoms. The Balaban J connectivity index is 0.000000216. The number of aromatic amines is 1. The highest BCUT2D eigenvalue weighted by atomic mass is 32.2. The molecule has 1 saturated heterocycles. The van der Waals surface area contributed by atoms with Gasteiger partial charge in [-0.15, -0.1) is 11.3 Å². The highest BCUT2D eigenvalue weighted by Crippen LogP contribution is 2.41. The number of alkyl halides is 2. The molecule has 0 amide bonds. The molecule has 7 aromatic rings. The normalized spacial score (nSPS) is 14.2. The van der Waals surface area contributed by atoms with Crippen LogP contribution in [0.2, 0.25) is 0 Å². The number of piperidine rings is 1. The molecule has 5 heterocycles. The first kappa shape index (κ1) is 43.1. The maximum atomic E-state index is 13.4. The standard InChI is InChI=1S/C26H25F2N7OS.2C7H8O3S/c1-17-21(25-31-22(18-5-3-2-4-6-18)23(37-25)24-29-16-30-32-24)20-15-19(7-10-35(20)33-17)36-14-13-34-11-8-26(27,28)9-12-34;2*1-6-2-4-7(5-3-6)11(8,9)10/h2-7,10,15-16H,8-9,11-14H2,1H3,(H,29,30,32);2*2-5H,1H3,(H,8,9,10). The van der Waals surface area contributed by atoms with Crippen LogP contribution in [0.3, 0.4) is 0 Å². The Morgan fingerprint density at radius 1 is 0.847 bits per heavy atom. The number of aryl methyl sites for hydroxylation is 3. The summed E-state index contributed by atoms with van der Waals surface area (Å²) in [5.74, 6) is -1.25. The van der Waals surface area contributed by atoms with Gasteiger partial charge in [0.1, 0.15) is 28.6 Å². The number of benzene rings is 3. The van der Waals surface area contributed by atoms with Gasteiger partial charge in [-0.3, -0.25) is 19.1 Å². The SMILES string of the molecule is Cc1ccc(S(=O)(=O)O)cc1.Cc1ccc(S(=O)(=O)O)cc1.Cc1nn2ccc(OCCN3CCC(F)(F)CC3)cc2c1-c1nc(-c2ccccc2)c(-c2nc[nH]n2)s1. The smallest absolute Gasteiger partial charge is 0.294 e. The zero-order valence-corrected chi connectivity index (χ0v) is 34.6. The fourth-order valence-electron chi connectivity index (χ4n) is 6.00. The molecule has 59 heavy (non-hydrogen) atoms. The average Bonchev–Trinajstić information content (AvgIpc) is 3.95. The van der Waals surface area contributed by atoms with Crippen LogP contribution in [0, 0.1) is 20.8 Å². The number of halogens is 2. The quantitative estimate of drug-likeness (QED) is 0.119. The molecular formula is C40H41F2N7O7S3. The van der Waals surface area contributed by atoms with Gasteiger partial charge in [-0.05, 0) is 51.1 Å². The summed E-state index contributed by atoms with van der Waals surface area (Å²) >= 11 is 1.52. The van der Waals surface area contributed by atoms with E-state index in [0.717, 1.165) is 49.0 Å². The van der Waals surface area contributed by atoms with Crippen molar-refractivity contribution in [2.75, 3.05) is 26.2 Å². The Bertz CT molecular complexity index is 2630. The van der Waals surface area contributed by atoms with Crippen LogP contribution in [-0.2, 0) is 20.2 Å². The Morgan fingerprint density at radius 2 is 1.44 bits per heavy atom. The predicted molar refractivity (Wildman–Crippen MR) is 220 cm³/mol. The highest BCUT2D eigenvalue weighted by molar-refractivity contribution is 7.86. The van der Waals surface area contributed by atoms with Gasteiger partial charge >= 0.3 is 0 Å². The fourth-order valence-corrected chi connectivity index (χ4v) is 8.10. The van der Waals surface area contributed by atoms with E-state index in [1.807, 2.05) is 78.8 Å². The number of likely N-dealkylation sites (tertiary alicyclic amines) is 1. The molecule has 4 aromatic heterocycles. The molecule has 1 aliphatic rings. The number of hydrogen-bond acceptors (Lipinski definition) is 11. The molecule has 0 aliphatic carbocycles. The minimum Gasteiger partial charge on any atom is -0.492 e. The maximum Gasteiger partial charge on any atom is 0.294 e. The molecular weight excluding hydrogens is 825 g/mol. The van der Waals surface area contributed by atoms with Crippen molar-refractivity contribution in [3.05, 3.63) is 120 Å². The van der Waals surface area contributed by atoms with Crippen LogP contribution in [0.4, 0.5) is 8.78 Å². The van der Waals surface area contributed by atoms with Crippen LogP contribution < -0.4 is 4.74 Å². The third-order valence-corrected chi connectivity index (χ3v) is 12.0. The summed E-state index contributed by atoms with van der Waals surface area (Å²) in [5.41, 5.74) is 6.36. The Morgan fingerprint density at radius 3 is 1.98 bits per heavy atom. The van der Waals surface area contributed by atoms with Crippen LogP contribution in [0.5, 0.6) is 5.75 Å². The van der Waals surface area contributed by atoms with E-state index in [1.54, 1.807) is 30.6 Å². The fraction of sp³-hybridized carbons (Fsp3) is 0.250. The molecule has 1 aliphatic heterocycles. The molecule has 0 radical (unpaired) electrons. The van der Waals surface area contributed by atoms with Crippen LogP contribution in [0.25, 0.3) is 38.0 Å². The number of hydrogen-bond donors (Lipinski definition) is 3. The minimum atomic E-state index is -4.02. The van der Waals surface area contributed by atoms with Gasteiger partial charge in [0.25, 0.3) is 26.2 Å². The molecule has 310 valence electrons. The second-order valence-corrected chi connectivity index (χ2v) is 17.5. The number of pyridine rings is 1. The van der Waals surface area contributed by atoms with E-state index < -0.39 is 26.2 Å². The summed E-state index contributed by atoms with van der Waals surface area (Å²) in [6.45, 7) is 7.46. The van der Waals surface area contributed by atoms with E-state index in [-0.39, 0.29) is 22.6 Å². The minimum absolute atomic E-state index is 0.0666. The first-order valence-electron chi connectivity index (χ1n) is 18.2. The van der Waals surface area contributed by atoms with Gasteiger partial charge < -0.3 is 4.74 Å². The van der Waals surface area contributed by atoms with Crippen LogP contribution in [0.15, 0.2) is 113 Å². The van der Waals surface area contributed by atoms with E-state index in [1.165, 1.54) is 35.6 Å². The van der Waals surface area contributed by atoms with E-state index in [9.17, 15) is 25.6 Å².